The SMILES string of the molecule is COc1ccc([C@H](C(=O)O)N2CCC(Cn3cccn3)CC2)c(OC)n1. The van der Waals surface area contributed by atoms with Crippen molar-refractivity contribution in [2.24, 2.45) is 5.92 Å². The van der Waals surface area contributed by atoms with Crippen molar-refractivity contribution in [3.05, 3.63) is 36.2 Å². The van der Waals surface area contributed by atoms with Gasteiger partial charge in [-0.15, -0.1) is 0 Å². The molecule has 0 radical (unpaired) electrons. The zero-order valence-corrected chi connectivity index (χ0v) is 15.0. The van der Waals surface area contributed by atoms with Gasteiger partial charge in [-0.05, 0) is 44.0 Å². The Morgan fingerprint density at radius 2 is 2.08 bits per heavy atom. The largest absolute Gasteiger partial charge is 0.481 e. The number of pyridine rings is 1. The molecule has 2 aromatic heterocycles. The van der Waals surface area contributed by atoms with Crippen molar-refractivity contribution in [3.63, 3.8) is 0 Å². The van der Waals surface area contributed by atoms with Crippen LogP contribution in [0, 0.1) is 5.92 Å². The first-order chi connectivity index (χ1) is 12.6. The van der Waals surface area contributed by atoms with Gasteiger partial charge in [-0.25, -0.2) is 0 Å². The summed E-state index contributed by atoms with van der Waals surface area (Å²) in [5.74, 6) is 0.278. The van der Waals surface area contributed by atoms with Crippen LogP contribution in [0.25, 0.3) is 0 Å². The highest BCUT2D eigenvalue weighted by Crippen LogP contribution is 2.33. The molecule has 0 amide bonds. The number of aliphatic carboxylic acids is 1. The van der Waals surface area contributed by atoms with Gasteiger partial charge in [-0.1, -0.05) is 0 Å². The normalized spacial score (nSPS) is 17.0. The molecular formula is C18H24N4O4. The molecule has 1 fully saturated rings. The maximum absolute atomic E-state index is 12.0. The summed E-state index contributed by atoms with van der Waals surface area (Å²) in [5.41, 5.74) is 0.548. The summed E-state index contributed by atoms with van der Waals surface area (Å²) in [4.78, 5) is 18.2. The Bertz CT molecular complexity index is 727. The van der Waals surface area contributed by atoms with Crippen LogP contribution in [0.15, 0.2) is 30.6 Å². The van der Waals surface area contributed by atoms with Gasteiger partial charge < -0.3 is 14.6 Å². The molecule has 3 heterocycles. The Hall–Kier alpha value is -2.61. The number of carboxylic acids is 1. The monoisotopic (exact) mass is 360 g/mol. The Kier molecular flexibility index (Phi) is 5.72. The van der Waals surface area contributed by atoms with Crippen LogP contribution in [-0.2, 0) is 11.3 Å². The number of carboxylic acid groups (broad SMARTS) is 1. The lowest BCUT2D eigenvalue weighted by Crippen LogP contribution is -2.41. The Balaban J connectivity index is 1.72. The van der Waals surface area contributed by atoms with Gasteiger partial charge in [0.05, 0.1) is 14.2 Å². The number of carbonyl (C=O) groups is 1. The van der Waals surface area contributed by atoms with Gasteiger partial charge in [0.25, 0.3) is 0 Å². The summed E-state index contributed by atoms with van der Waals surface area (Å²) in [7, 11) is 3.00. The van der Waals surface area contributed by atoms with Crippen molar-refractivity contribution in [2.45, 2.75) is 25.4 Å². The highest BCUT2D eigenvalue weighted by Gasteiger charge is 2.33. The van der Waals surface area contributed by atoms with Gasteiger partial charge in [-0.2, -0.15) is 10.1 Å². The number of nitrogens with zero attached hydrogens (tertiary/aromatic N) is 4. The second-order valence-electron chi connectivity index (χ2n) is 6.40. The molecule has 1 aliphatic heterocycles. The van der Waals surface area contributed by atoms with Gasteiger partial charge in [0.15, 0.2) is 0 Å². The topological polar surface area (TPSA) is 89.7 Å². The molecule has 0 bridgehead atoms. The van der Waals surface area contributed by atoms with Crippen LogP contribution in [-0.4, -0.2) is 58.0 Å². The quantitative estimate of drug-likeness (QED) is 0.806. The van der Waals surface area contributed by atoms with Crippen LogP contribution >= 0.6 is 0 Å². The van der Waals surface area contributed by atoms with E-state index in [0.717, 1.165) is 19.4 Å². The van der Waals surface area contributed by atoms with Gasteiger partial charge in [0, 0.05) is 30.6 Å². The fourth-order valence-electron chi connectivity index (χ4n) is 3.47. The molecule has 8 heteroatoms. The average molecular weight is 360 g/mol. The standard InChI is InChI=1S/C18H24N4O4/c1-25-15-5-4-14(17(20-15)26-2)16(18(23)24)21-10-6-13(7-11-21)12-22-9-3-8-19-22/h3-5,8-9,13,16H,6-7,10-12H2,1-2H3,(H,23,24)/t16-/m1/s1. The second kappa shape index (κ2) is 8.18. The number of ether oxygens (including phenoxy) is 2. The second-order valence-corrected chi connectivity index (χ2v) is 6.40. The molecule has 1 N–H and O–H groups in total. The summed E-state index contributed by atoms with van der Waals surface area (Å²) in [6.45, 7) is 2.28. The summed E-state index contributed by atoms with van der Waals surface area (Å²) < 4.78 is 12.3. The van der Waals surface area contributed by atoms with E-state index in [2.05, 4.69) is 10.1 Å². The molecule has 1 saturated heterocycles. The first-order valence-electron chi connectivity index (χ1n) is 8.65. The predicted molar refractivity (Wildman–Crippen MR) is 94.2 cm³/mol. The summed E-state index contributed by atoms with van der Waals surface area (Å²) in [6.07, 6.45) is 5.59. The van der Waals surface area contributed by atoms with E-state index in [9.17, 15) is 9.90 Å². The van der Waals surface area contributed by atoms with Gasteiger partial charge in [0.1, 0.15) is 6.04 Å². The van der Waals surface area contributed by atoms with Crippen molar-refractivity contribution in [1.82, 2.24) is 19.7 Å². The fourth-order valence-corrected chi connectivity index (χ4v) is 3.47. The third-order valence-corrected chi connectivity index (χ3v) is 4.81. The van der Waals surface area contributed by atoms with Crippen LogP contribution in [0.5, 0.6) is 11.8 Å². The third-order valence-electron chi connectivity index (χ3n) is 4.81. The molecule has 2 aromatic rings. The number of methoxy groups -OCH3 is 2. The van der Waals surface area contributed by atoms with Crippen molar-refractivity contribution in [3.8, 4) is 11.8 Å². The van der Waals surface area contributed by atoms with Crippen molar-refractivity contribution < 1.29 is 19.4 Å². The van der Waals surface area contributed by atoms with E-state index in [1.807, 2.05) is 21.8 Å². The molecule has 1 aliphatic rings. The highest BCUT2D eigenvalue weighted by atomic mass is 16.5. The molecule has 0 saturated carbocycles. The van der Waals surface area contributed by atoms with E-state index in [1.165, 1.54) is 14.2 Å². The summed E-state index contributed by atoms with van der Waals surface area (Å²) in [6, 6.07) is 4.52. The van der Waals surface area contributed by atoms with Crippen LogP contribution in [0.3, 0.4) is 0 Å². The molecule has 8 nitrogen and oxygen atoms in total. The van der Waals surface area contributed by atoms with Crippen LogP contribution in [0.4, 0.5) is 0 Å². The molecule has 3 rings (SSSR count). The molecular weight excluding hydrogens is 336 g/mol. The minimum atomic E-state index is -0.902. The fraction of sp³-hybridized carbons (Fsp3) is 0.500. The van der Waals surface area contributed by atoms with E-state index in [0.29, 0.717) is 30.5 Å². The molecule has 26 heavy (non-hydrogen) atoms. The van der Waals surface area contributed by atoms with Gasteiger partial charge >= 0.3 is 5.97 Å². The molecule has 0 unspecified atom stereocenters. The van der Waals surface area contributed by atoms with Gasteiger partial charge in [-0.3, -0.25) is 14.4 Å². The minimum absolute atomic E-state index is 0.287. The lowest BCUT2D eigenvalue weighted by atomic mass is 9.94. The van der Waals surface area contributed by atoms with E-state index in [-0.39, 0.29) is 5.88 Å². The minimum Gasteiger partial charge on any atom is -0.481 e. The van der Waals surface area contributed by atoms with E-state index in [1.54, 1.807) is 18.3 Å². The molecule has 140 valence electrons. The van der Waals surface area contributed by atoms with Crippen molar-refractivity contribution in [1.29, 1.82) is 0 Å². The van der Waals surface area contributed by atoms with E-state index < -0.39 is 12.0 Å². The number of rotatable bonds is 7. The Morgan fingerprint density at radius 1 is 1.31 bits per heavy atom. The first-order valence-corrected chi connectivity index (χ1v) is 8.65. The molecule has 0 spiro atoms. The van der Waals surface area contributed by atoms with E-state index in [4.69, 9.17) is 9.47 Å². The van der Waals surface area contributed by atoms with Crippen LogP contribution in [0.2, 0.25) is 0 Å². The number of piperidine rings is 1. The predicted octanol–water partition coefficient (Wildman–Crippen LogP) is 1.83. The zero-order chi connectivity index (χ0) is 18.5. The average Bonchev–Trinajstić information content (AvgIpc) is 3.16. The smallest absolute Gasteiger partial charge is 0.325 e. The Morgan fingerprint density at radius 3 is 2.65 bits per heavy atom. The number of hydrogen-bond acceptors (Lipinski definition) is 6. The van der Waals surface area contributed by atoms with Crippen molar-refractivity contribution in [2.75, 3.05) is 27.3 Å². The van der Waals surface area contributed by atoms with Gasteiger partial charge in [0.2, 0.25) is 11.8 Å². The molecule has 0 aliphatic carbocycles. The maximum Gasteiger partial charge on any atom is 0.325 e. The third kappa shape index (κ3) is 3.96. The lowest BCUT2D eigenvalue weighted by molar-refractivity contribution is -0.144. The lowest BCUT2D eigenvalue weighted by Gasteiger charge is -2.36. The molecule has 1 atom stereocenters. The highest BCUT2D eigenvalue weighted by molar-refractivity contribution is 5.76. The molecule has 0 aromatic carbocycles. The van der Waals surface area contributed by atoms with Crippen molar-refractivity contribution >= 4 is 5.97 Å². The van der Waals surface area contributed by atoms with E-state index >= 15 is 0 Å². The number of hydrogen-bond donors (Lipinski definition) is 1. The Labute approximate surface area is 152 Å². The van der Waals surface area contributed by atoms with Crippen LogP contribution < -0.4 is 9.47 Å². The van der Waals surface area contributed by atoms with Crippen LogP contribution in [0.1, 0.15) is 24.4 Å². The zero-order valence-electron chi connectivity index (χ0n) is 15.0. The summed E-state index contributed by atoms with van der Waals surface area (Å²) in [5, 5.41) is 14.1. The number of likely N-dealkylation sites (tertiary alicyclic amines) is 1. The summed E-state index contributed by atoms with van der Waals surface area (Å²) >= 11 is 0. The first kappa shape index (κ1) is 18.2. The number of aromatic nitrogens is 3. The maximum atomic E-state index is 12.0.